The highest BCUT2D eigenvalue weighted by atomic mass is 32.2. The summed E-state index contributed by atoms with van der Waals surface area (Å²) in [4.78, 5) is 33.5. The minimum atomic E-state index is -0.362. The van der Waals surface area contributed by atoms with Gasteiger partial charge in [0.2, 0.25) is 5.91 Å². The second-order valence-electron chi connectivity index (χ2n) is 6.92. The molecule has 0 aliphatic rings. The SMILES string of the molecule is COc1cccc(CN(CC(C)C)C(=O)[C@H](C)Sc2nc(C)cc(=O)[nH]2)c1. The zero-order valence-corrected chi connectivity index (χ0v) is 17.3. The number of aromatic amines is 1. The van der Waals surface area contributed by atoms with Gasteiger partial charge in [-0.1, -0.05) is 37.7 Å². The lowest BCUT2D eigenvalue weighted by Gasteiger charge is -2.27. The first kappa shape index (κ1) is 21.0. The molecule has 0 saturated carbocycles. The predicted octanol–water partition coefficient (Wildman–Crippen LogP) is 3.25. The Labute approximate surface area is 164 Å². The number of hydrogen-bond donors (Lipinski definition) is 1. The van der Waals surface area contributed by atoms with E-state index in [-0.39, 0.29) is 16.7 Å². The third kappa shape index (κ3) is 6.43. The molecule has 0 spiro atoms. The summed E-state index contributed by atoms with van der Waals surface area (Å²) in [7, 11) is 1.63. The topological polar surface area (TPSA) is 75.3 Å². The van der Waals surface area contributed by atoms with Gasteiger partial charge in [0.15, 0.2) is 5.16 Å². The number of nitrogens with one attached hydrogen (secondary N) is 1. The molecule has 0 aliphatic heterocycles. The van der Waals surface area contributed by atoms with E-state index in [0.29, 0.717) is 29.9 Å². The number of H-pyrrole nitrogens is 1. The summed E-state index contributed by atoms with van der Waals surface area (Å²) in [6.07, 6.45) is 0. The second-order valence-corrected chi connectivity index (χ2v) is 8.25. The molecule has 7 heteroatoms. The van der Waals surface area contributed by atoms with Crippen LogP contribution in [0.5, 0.6) is 5.75 Å². The number of benzene rings is 1. The van der Waals surface area contributed by atoms with Crippen LogP contribution in [-0.2, 0) is 11.3 Å². The Kier molecular flexibility index (Phi) is 7.47. The maximum Gasteiger partial charge on any atom is 0.251 e. The smallest absolute Gasteiger partial charge is 0.251 e. The third-order valence-electron chi connectivity index (χ3n) is 3.89. The minimum absolute atomic E-state index is 0.0145. The van der Waals surface area contributed by atoms with Crippen molar-refractivity contribution in [3.8, 4) is 5.75 Å². The largest absolute Gasteiger partial charge is 0.497 e. The minimum Gasteiger partial charge on any atom is -0.497 e. The maximum absolute atomic E-state index is 13.1. The van der Waals surface area contributed by atoms with Gasteiger partial charge in [0.05, 0.1) is 12.4 Å². The van der Waals surface area contributed by atoms with Crippen molar-refractivity contribution in [2.24, 2.45) is 5.92 Å². The molecule has 1 aromatic heterocycles. The highest BCUT2D eigenvalue weighted by Gasteiger charge is 2.23. The van der Waals surface area contributed by atoms with Crippen LogP contribution >= 0.6 is 11.8 Å². The van der Waals surface area contributed by atoms with Crippen LogP contribution in [-0.4, -0.2) is 39.7 Å². The zero-order valence-electron chi connectivity index (χ0n) is 16.5. The first-order valence-electron chi connectivity index (χ1n) is 8.94. The van der Waals surface area contributed by atoms with E-state index in [0.717, 1.165) is 11.3 Å². The fourth-order valence-electron chi connectivity index (χ4n) is 2.75. The van der Waals surface area contributed by atoms with Crippen molar-refractivity contribution >= 4 is 17.7 Å². The first-order valence-corrected chi connectivity index (χ1v) is 9.82. The fourth-order valence-corrected chi connectivity index (χ4v) is 3.69. The third-order valence-corrected chi connectivity index (χ3v) is 4.86. The van der Waals surface area contributed by atoms with Crippen molar-refractivity contribution in [3.05, 3.63) is 51.9 Å². The number of carbonyl (C=O) groups is 1. The number of aromatic nitrogens is 2. The summed E-state index contributed by atoms with van der Waals surface area (Å²) >= 11 is 1.27. The Morgan fingerprint density at radius 1 is 1.30 bits per heavy atom. The molecule has 1 aromatic carbocycles. The molecule has 2 aromatic rings. The average Bonchev–Trinajstić information content (AvgIpc) is 2.59. The molecule has 6 nitrogen and oxygen atoms in total. The molecule has 1 heterocycles. The molecule has 146 valence electrons. The Bertz CT molecular complexity index is 835. The van der Waals surface area contributed by atoms with Gasteiger partial charge in [0, 0.05) is 24.8 Å². The van der Waals surface area contributed by atoms with Gasteiger partial charge in [-0.15, -0.1) is 0 Å². The molecule has 0 aliphatic carbocycles. The first-order chi connectivity index (χ1) is 12.8. The molecule has 2 rings (SSSR count). The number of ether oxygens (including phenoxy) is 1. The van der Waals surface area contributed by atoms with Gasteiger partial charge in [-0.3, -0.25) is 9.59 Å². The van der Waals surface area contributed by atoms with Gasteiger partial charge in [-0.05, 0) is 37.5 Å². The van der Waals surface area contributed by atoms with E-state index in [1.807, 2.05) is 36.1 Å². The number of methoxy groups -OCH3 is 1. The van der Waals surface area contributed by atoms with Gasteiger partial charge in [0.1, 0.15) is 5.75 Å². The molecule has 0 unspecified atom stereocenters. The molecular formula is C20H27N3O3S. The molecule has 1 N–H and O–H groups in total. The molecule has 1 atom stereocenters. The van der Waals surface area contributed by atoms with Crippen LogP contribution in [0.1, 0.15) is 32.0 Å². The van der Waals surface area contributed by atoms with E-state index in [4.69, 9.17) is 4.74 Å². The van der Waals surface area contributed by atoms with Crippen LogP contribution in [0.2, 0.25) is 0 Å². The van der Waals surface area contributed by atoms with Gasteiger partial charge >= 0.3 is 0 Å². The monoisotopic (exact) mass is 389 g/mol. The molecule has 1 amide bonds. The normalized spacial score (nSPS) is 12.1. The van der Waals surface area contributed by atoms with Crippen LogP contribution < -0.4 is 10.3 Å². The lowest BCUT2D eigenvalue weighted by molar-refractivity contribution is -0.131. The summed E-state index contributed by atoms with van der Waals surface area (Å²) < 4.78 is 5.28. The quantitative estimate of drug-likeness (QED) is 0.554. The molecule has 0 fully saturated rings. The van der Waals surface area contributed by atoms with Gasteiger partial charge in [-0.2, -0.15) is 0 Å². The van der Waals surface area contributed by atoms with E-state index in [9.17, 15) is 9.59 Å². The number of nitrogens with zero attached hydrogens (tertiary/aromatic N) is 2. The van der Waals surface area contributed by atoms with Crippen molar-refractivity contribution in [2.45, 2.75) is 44.6 Å². The van der Waals surface area contributed by atoms with Crippen LogP contribution in [0.3, 0.4) is 0 Å². The summed E-state index contributed by atoms with van der Waals surface area (Å²) in [6.45, 7) is 8.94. The van der Waals surface area contributed by atoms with Crippen molar-refractivity contribution in [1.29, 1.82) is 0 Å². The summed E-state index contributed by atoms with van der Waals surface area (Å²) in [5.41, 5.74) is 1.44. The van der Waals surface area contributed by atoms with Gasteiger partial charge in [0.25, 0.3) is 5.56 Å². The van der Waals surface area contributed by atoms with E-state index >= 15 is 0 Å². The van der Waals surface area contributed by atoms with E-state index in [2.05, 4.69) is 23.8 Å². The van der Waals surface area contributed by atoms with Crippen molar-refractivity contribution in [3.63, 3.8) is 0 Å². The standard InChI is InChI=1S/C20H27N3O3S/c1-13(2)11-23(12-16-7-6-8-17(10-16)26-5)19(25)15(4)27-20-21-14(3)9-18(24)22-20/h6-10,13,15H,11-12H2,1-5H3,(H,21,22,24)/t15-/m0/s1. The van der Waals surface area contributed by atoms with E-state index in [1.54, 1.807) is 14.0 Å². The Morgan fingerprint density at radius 3 is 2.67 bits per heavy atom. The lowest BCUT2D eigenvalue weighted by Crippen LogP contribution is -2.38. The molecular weight excluding hydrogens is 362 g/mol. The summed E-state index contributed by atoms with van der Waals surface area (Å²) in [5, 5.41) is 0.103. The Balaban J connectivity index is 2.15. The van der Waals surface area contributed by atoms with Gasteiger partial charge < -0.3 is 14.6 Å². The predicted molar refractivity (Wildman–Crippen MR) is 108 cm³/mol. The fraction of sp³-hybridized carbons (Fsp3) is 0.450. The van der Waals surface area contributed by atoms with Crippen molar-refractivity contribution in [2.75, 3.05) is 13.7 Å². The maximum atomic E-state index is 13.1. The van der Waals surface area contributed by atoms with Crippen LogP contribution in [0.15, 0.2) is 40.3 Å². The highest BCUT2D eigenvalue weighted by Crippen LogP contribution is 2.22. The van der Waals surface area contributed by atoms with Crippen LogP contribution in [0, 0.1) is 12.8 Å². The van der Waals surface area contributed by atoms with Crippen LogP contribution in [0.4, 0.5) is 0 Å². The number of carbonyl (C=O) groups excluding carboxylic acids is 1. The zero-order chi connectivity index (χ0) is 20.0. The molecule has 27 heavy (non-hydrogen) atoms. The van der Waals surface area contributed by atoms with Crippen LogP contribution in [0.25, 0.3) is 0 Å². The van der Waals surface area contributed by atoms with E-state index in [1.165, 1.54) is 17.8 Å². The molecule has 0 bridgehead atoms. The summed E-state index contributed by atoms with van der Waals surface area (Å²) in [6, 6.07) is 9.17. The van der Waals surface area contributed by atoms with Gasteiger partial charge in [-0.25, -0.2) is 4.98 Å². The van der Waals surface area contributed by atoms with E-state index < -0.39 is 0 Å². The Hall–Kier alpha value is -2.28. The highest BCUT2D eigenvalue weighted by molar-refractivity contribution is 8.00. The number of aryl methyl sites for hydroxylation is 1. The average molecular weight is 390 g/mol. The van der Waals surface area contributed by atoms with Crippen molar-refractivity contribution in [1.82, 2.24) is 14.9 Å². The van der Waals surface area contributed by atoms with Crippen molar-refractivity contribution < 1.29 is 9.53 Å². The number of thioether (sulfide) groups is 1. The number of rotatable bonds is 8. The Morgan fingerprint density at radius 2 is 2.04 bits per heavy atom. The summed E-state index contributed by atoms with van der Waals surface area (Å²) in [5.74, 6) is 1.13. The lowest BCUT2D eigenvalue weighted by atomic mass is 10.1. The molecule has 0 saturated heterocycles. The number of amides is 1. The second kappa shape index (κ2) is 9.60. The molecule has 0 radical (unpaired) electrons. The number of hydrogen-bond acceptors (Lipinski definition) is 5.